The zero-order valence-electron chi connectivity index (χ0n) is 20.7. The number of aliphatic hydroxyl groups excluding tert-OH is 1. The van der Waals surface area contributed by atoms with E-state index in [1.54, 1.807) is 18.7 Å². The van der Waals surface area contributed by atoms with Gasteiger partial charge in [0.1, 0.15) is 23.7 Å². The first-order valence-electron chi connectivity index (χ1n) is 12.7. The highest BCUT2D eigenvalue weighted by atomic mass is 16.3. The van der Waals surface area contributed by atoms with Crippen molar-refractivity contribution in [2.24, 2.45) is 0 Å². The fourth-order valence-electron chi connectivity index (χ4n) is 4.70. The van der Waals surface area contributed by atoms with Crippen molar-refractivity contribution in [3.8, 4) is 0 Å². The normalized spacial score (nSPS) is 27.9. The van der Waals surface area contributed by atoms with Gasteiger partial charge in [-0.15, -0.1) is 0 Å². The Balaban J connectivity index is 1.89. The number of carbonyl (C=O) groups excluding carboxylic acids is 4. The summed E-state index contributed by atoms with van der Waals surface area (Å²) in [6.07, 6.45) is 3.85. The van der Waals surface area contributed by atoms with Gasteiger partial charge in [0, 0.05) is 13.2 Å². The van der Waals surface area contributed by atoms with Gasteiger partial charge in [0.15, 0.2) is 0 Å². The van der Waals surface area contributed by atoms with Crippen molar-refractivity contribution in [2.75, 3.05) is 13.2 Å². The molecule has 0 aromatic heterocycles. The predicted molar refractivity (Wildman–Crippen MR) is 131 cm³/mol. The molecule has 192 valence electrons. The Morgan fingerprint density at radius 3 is 2.43 bits per heavy atom. The molecule has 3 rings (SSSR count). The fraction of sp³-hybridized carbons (Fsp3) is 0.615. The van der Waals surface area contributed by atoms with Gasteiger partial charge in [-0.1, -0.05) is 37.3 Å². The van der Waals surface area contributed by atoms with Gasteiger partial charge in [-0.2, -0.15) is 0 Å². The Kier molecular flexibility index (Phi) is 9.26. The predicted octanol–water partition coefficient (Wildman–Crippen LogP) is 1.04. The molecule has 0 unspecified atom stereocenters. The maximum Gasteiger partial charge on any atom is 0.246 e. The van der Waals surface area contributed by atoms with Crippen molar-refractivity contribution in [2.45, 2.75) is 88.9 Å². The summed E-state index contributed by atoms with van der Waals surface area (Å²) in [4.78, 5) is 55.0. The number of nitrogens with one attached hydrogen (secondary N) is 3. The van der Waals surface area contributed by atoms with Crippen molar-refractivity contribution >= 4 is 23.6 Å². The van der Waals surface area contributed by atoms with Crippen LogP contribution in [-0.4, -0.2) is 70.5 Å². The number of aliphatic hydroxyl groups is 1. The Hall–Kier alpha value is -2.94. The van der Waals surface area contributed by atoms with Crippen LogP contribution in [0.25, 0.3) is 0 Å². The highest BCUT2D eigenvalue weighted by Crippen LogP contribution is 2.22. The van der Waals surface area contributed by atoms with Gasteiger partial charge >= 0.3 is 0 Å². The van der Waals surface area contributed by atoms with E-state index in [9.17, 15) is 19.2 Å². The van der Waals surface area contributed by atoms with Crippen molar-refractivity contribution in [3.63, 3.8) is 0 Å². The van der Waals surface area contributed by atoms with E-state index in [2.05, 4.69) is 16.0 Å². The number of carbonyl (C=O) groups is 4. The fourth-order valence-corrected chi connectivity index (χ4v) is 4.70. The van der Waals surface area contributed by atoms with Crippen LogP contribution in [0.2, 0.25) is 0 Å². The van der Waals surface area contributed by atoms with E-state index in [0.29, 0.717) is 57.9 Å². The minimum Gasteiger partial charge on any atom is -0.396 e. The number of unbranched alkanes of at least 4 members (excludes halogenated alkanes) is 1. The summed E-state index contributed by atoms with van der Waals surface area (Å²) in [5, 5.41) is 17.7. The van der Waals surface area contributed by atoms with Crippen molar-refractivity contribution in [1.29, 1.82) is 0 Å². The molecular formula is C26H38N4O5. The molecule has 2 aliphatic heterocycles. The summed E-state index contributed by atoms with van der Waals surface area (Å²) in [5.74, 6) is -1.48. The standard InChI is InChI=1S/C26H38N4O5/c1-3-26(2)25(35)28-20(15-14-18-10-5-4-6-11-18)24(34)30-16-9-13-21(30)23(33)27-19(22(32)29-26)12-7-8-17-31/h4-6,10-11,19-21,31H,3,7-9,12-17H2,1-2H3,(H,27,33)(H,28,35)(H,29,32)/t19-,20-,21+,26-/m0/s1. The lowest BCUT2D eigenvalue weighted by Gasteiger charge is -2.35. The topological polar surface area (TPSA) is 128 Å². The third-order valence-electron chi connectivity index (χ3n) is 7.15. The average Bonchev–Trinajstić information content (AvgIpc) is 3.35. The zero-order valence-corrected chi connectivity index (χ0v) is 20.7. The Morgan fingerprint density at radius 1 is 1.00 bits per heavy atom. The molecule has 4 N–H and O–H groups in total. The molecule has 1 aromatic carbocycles. The molecule has 4 amide bonds. The largest absolute Gasteiger partial charge is 0.396 e. The third kappa shape index (κ3) is 6.60. The quantitative estimate of drug-likeness (QED) is 0.408. The summed E-state index contributed by atoms with van der Waals surface area (Å²) < 4.78 is 0. The maximum atomic E-state index is 13.6. The summed E-state index contributed by atoms with van der Waals surface area (Å²) in [6.45, 7) is 3.85. The van der Waals surface area contributed by atoms with Gasteiger partial charge in [-0.25, -0.2) is 0 Å². The SMILES string of the molecule is CC[C@]1(C)NC(=O)[C@H](CCCCO)NC(=O)[C@H]2CCCN2C(=O)[C@H](CCc2ccccc2)NC1=O. The van der Waals surface area contributed by atoms with Crippen molar-refractivity contribution in [3.05, 3.63) is 35.9 Å². The van der Waals surface area contributed by atoms with Crippen LogP contribution in [-0.2, 0) is 25.6 Å². The maximum absolute atomic E-state index is 13.6. The van der Waals surface area contributed by atoms with Crippen LogP contribution in [0, 0.1) is 0 Å². The minimum absolute atomic E-state index is 0.00730. The van der Waals surface area contributed by atoms with Crippen LogP contribution >= 0.6 is 0 Å². The van der Waals surface area contributed by atoms with E-state index >= 15 is 0 Å². The number of aryl methyl sites for hydroxylation is 1. The molecule has 0 bridgehead atoms. The van der Waals surface area contributed by atoms with E-state index in [-0.39, 0.29) is 18.4 Å². The molecule has 2 heterocycles. The number of hydrogen-bond donors (Lipinski definition) is 4. The molecule has 2 aliphatic rings. The highest BCUT2D eigenvalue weighted by Gasteiger charge is 2.42. The van der Waals surface area contributed by atoms with Crippen LogP contribution in [0.3, 0.4) is 0 Å². The molecule has 0 radical (unpaired) electrons. The second kappa shape index (κ2) is 12.2. The molecule has 4 atom stereocenters. The number of nitrogens with zero attached hydrogens (tertiary/aromatic N) is 1. The molecule has 2 fully saturated rings. The summed E-state index contributed by atoms with van der Waals surface area (Å²) in [5.41, 5.74) is -0.194. The lowest BCUT2D eigenvalue weighted by Crippen LogP contribution is -2.65. The van der Waals surface area contributed by atoms with Gasteiger partial charge in [0.2, 0.25) is 23.6 Å². The second-order valence-corrected chi connectivity index (χ2v) is 9.70. The van der Waals surface area contributed by atoms with Crippen LogP contribution < -0.4 is 16.0 Å². The van der Waals surface area contributed by atoms with Gasteiger partial charge in [-0.05, 0) is 63.9 Å². The molecule has 35 heavy (non-hydrogen) atoms. The van der Waals surface area contributed by atoms with E-state index in [1.807, 2.05) is 30.3 Å². The Morgan fingerprint density at radius 2 is 1.74 bits per heavy atom. The average molecular weight is 487 g/mol. The molecule has 0 saturated carbocycles. The van der Waals surface area contributed by atoms with Crippen molar-refractivity contribution < 1.29 is 24.3 Å². The number of benzene rings is 1. The summed E-state index contributed by atoms with van der Waals surface area (Å²) in [6, 6.07) is 7.39. The number of fused-ring (bicyclic) bond motifs is 1. The summed E-state index contributed by atoms with van der Waals surface area (Å²) >= 11 is 0. The van der Waals surface area contributed by atoms with Crippen LogP contribution in [0.5, 0.6) is 0 Å². The van der Waals surface area contributed by atoms with Gasteiger partial charge in [0.05, 0.1) is 0 Å². The first kappa shape index (κ1) is 26.7. The molecule has 9 heteroatoms. The summed E-state index contributed by atoms with van der Waals surface area (Å²) in [7, 11) is 0. The minimum atomic E-state index is -1.24. The molecule has 0 aliphatic carbocycles. The molecule has 2 saturated heterocycles. The van der Waals surface area contributed by atoms with E-state index < -0.39 is 35.5 Å². The molecule has 1 aromatic rings. The van der Waals surface area contributed by atoms with Crippen LogP contribution in [0.1, 0.15) is 64.4 Å². The molecule has 9 nitrogen and oxygen atoms in total. The Labute approximate surface area is 207 Å². The van der Waals surface area contributed by atoms with Gasteiger partial charge in [0.25, 0.3) is 0 Å². The first-order chi connectivity index (χ1) is 16.8. The van der Waals surface area contributed by atoms with E-state index in [4.69, 9.17) is 5.11 Å². The second-order valence-electron chi connectivity index (χ2n) is 9.70. The molecular weight excluding hydrogens is 448 g/mol. The van der Waals surface area contributed by atoms with Crippen LogP contribution in [0.15, 0.2) is 30.3 Å². The van der Waals surface area contributed by atoms with E-state index in [0.717, 1.165) is 5.56 Å². The number of amides is 4. The Bertz CT molecular complexity index is 908. The monoisotopic (exact) mass is 486 g/mol. The molecule has 0 spiro atoms. The highest BCUT2D eigenvalue weighted by molar-refractivity contribution is 5.99. The number of hydrogen-bond acceptors (Lipinski definition) is 5. The van der Waals surface area contributed by atoms with Gasteiger partial charge < -0.3 is 26.0 Å². The lowest BCUT2D eigenvalue weighted by molar-refractivity contribution is -0.145. The first-order valence-corrected chi connectivity index (χ1v) is 12.7. The van der Waals surface area contributed by atoms with E-state index in [1.165, 1.54) is 0 Å². The van der Waals surface area contributed by atoms with Crippen LogP contribution in [0.4, 0.5) is 0 Å². The van der Waals surface area contributed by atoms with Gasteiger partial charge in [-0.3, -0.25) is 19.2 Å². The van der Waals surface area contributed by atoms with Crippen molar-refractivity contribution in [1.82, 2.24) is 20.9 Å². The lowest BCUT2D eigenvalue weighted by atomic mass is 9.94. The number of rotatable bonds is 8. The smallest absolute Gasteiger partial charge is 0.246 e. The third-order valence-corrected chi connectivity index (χ3v) is 7.15. The zero-order chi connectivity index (χ0) is 25.4.